The number of nitrogens with two attached hydrogens (primary N) is 1. The number of thioether (sulfide) groups is 1. The van der Waals surface area contributed by atoms with Gasteiger partial charge in [0.1, 0.15) is 0 Å². The van der Waals surface area contributed by atoms with E-state index in [-0.39, 0.29) is 5.91 Å². The van der Waals surface area contributed by atoms with Crippen molar-refractivity contribution in [1.29, 1.82) is 0 Å². The van der Waals surface area contributed by atoms with E-state index in [1.54, 1.807) is 12.4 Å². The molecule has 3 rings (SSSR count). The molecule has 1 saturated heterocycles. The molecule has 0 spiro atoms. The smallest absolute Gasteiger partial charge is 0.233 e. The summed E-state index contributed by atoms with van der Waals surface area (Å²) in [5.41, 5.74) is 0.796. The predicted molar refractivity (Wildman–Crippen MR) is 93.7 cm³/mol. The predicted octanol–water partition coefficient (Wildman–Crippen LogP) is 1.65. The van der Waals surface area contributed by atoms with Gasteiger partial charge in [-0.15, -0.1) is 10.2 Å². The van der Waals surface area contributed by atoms with Gasteiger partial charge in [0.25, 0.3) is 0 Å². The minimum absolute atomic E-state index is 0.129. The van der Waals surface area contributed by atoms with Gasteiger partial charge in [-0.3, -0.25) is 9.78 Å². The Morgan fingerprint density at radius 2 is 2.08 bits per heavy atom. The number of carbonyl (C=O) groups excluding carboxylic acids is 1. The molecular formula is C16H22N6OS. The minimum atomic E-state index is 0.129. The number of rotatable bonds is 4. The van der Waals surface area contributed by atoms with E-state index in [4.69, 9.17) is 5.84 Å². The van der Waals surface area contributed by atoms with E-state index in [1.807, 2.05) is 17.0 Å². The summed E-state index contributed by atoms with van der Waals surface area (Å²) in [5.74, 6) is 8.16. The van der Waals surface area contributed by atoms with Gasteiger partial charge in [-0.1, -0.05) is 25.6 Å². The van der Waals surface area contributed by atoms with Crippen molar-refractivity contribution in [2.45, 2.75) is 25.4 Å². The maximum Gasteiger partial charge on any atom is 0.233 e. The highest BCUT2D eigenvalue weighted by Gasteiger charge is 2.25. The Balaban J connectivity index is 1.63. The Bertz CT molecular complexity index is 694. The number of nitrogens with zero attached hydrogens (tertiary/aromatic N) is 5. The van der Waals surface area contributed by atoms with E-state index in [9.17, 15) is 4.79 Å². The van der Waals surface area contributed by atoms with Crippen LogP contribution in [0.1, 0.15) is 20.3 Å². The average molecular weight is 346 g/mol. The van der Waals surface area contributed by atoms with Crippen LogP contribution in [-0.2, 0) is 4.79 Å². The molecule has 0 aliphatic carbocycles. The fourth-order valence-corrected chi connectivity index (χ4v) is 3.91. The van der Waals surface area contributed by atoms with Crippen LogP contribution in [0.25, 0.3) is 11.4 Å². The van der Waals surface area contributed by atoms with Gasteiger partial charge in [-0.05, 0) is 30.4 Å². The first-order valence-electron chi connectivity index (χ1n) is 8.06. The molecule has 1 amide bonds. The number of hydrogen-bond donors (Lipinski definition) is 1. The lowest BCUT2D eigenvalue weighted by Gasteiger charge is -2.34. The molecule has 1 aliphatic rings. The van der Waals surface area contributed by atoms with Crippen LogP contribution >= 0.6 is 11.8 Å². The molecule has 1 aliphatic heterocycles. The van der Waals surface area contributed by atoms with Crippen molar-refractivity contribution in [3.05, 3.63) is 24.5 Å². The normalized spacial score (nSPS) is 21.0. The Morgan fingerprint density at radius 3 is 2.75 bits per heavy atom. The molecule has 2 N–H and O–H groups in total. The molecule has 2 atom stereocenters. The SMILES string of the molecule is C[C@@H]1C[C@@H](C)CN(C(=O)CSc2nnc(-c3cccnc3)n2N)C1. The van der Waals surface area contributed by atoms with Crippen LogP contribution in [0.3, 0.4) is 0 Å². The first-order chi connectivity index (χ1) is 11.5. The second-order valence-electron chi connectivity index (χ2n) is 6.45. The molecule has 0 radical (unpaired) electrons. The third-order valence-corrected chi connectivity index (χ3v) is 5.06. The van der Waals surface area contributed by atoms with E-state index in [1.165, 1.54) is 22.9 Å². The molecule has 2 aromatic heterocycles. The number of amides is 1. The molecule has 128 valence electrons. The summed E-state index contributed by atoms with van der Waals surface area (Å²) in [6.07, 6.45) is 4.56. The first-order valence-corrected chi connectivity index (χ1v) is 9.04. The summed E-state index contributed by atoms with van der Waals surface area (Å²) in [5, 5.41) is 8.72. The Morgan fingerprint density at radius 1 is 1.33 bits per heavy atom. The van der Waals surface area contributed by atoms with E-state index in [0.29, 0.717) is 28.6 Å². The molecule has 2 aromatic rings. The molecule has 24 heavy (non-hydrogen) atoms. The monoisotopic (exact) mass is 346 g/mol. The standard InChI is InChI=1S/C16H22N6OS/c1-11-6-12(2)9-21(8-11)14(23)10-24-16-20-19-15(22(16)17)13-4-3-5-18-7-13/h3-5,7,11-12H,6,8-10,17H2,1-2H3/t11-,12-/m1/s1. The van der Waals surface area contributed by atoms with Crippen molar-refractivity contribution in [3.8, 4) is 11.4 Å². The summed E-state index contributed by atoms with van der Waals surface area (Å²) in [6, 6.07) is 3.69. The largest absolute Gasteiger partial charge is 0.341 e. The maximum atomic E-state index is 12.4. The molecular weight excluding hydrogens is 324 g/mol. The van der Waals surface area contributed by atoms with Crippen molar-refractivity contribution < 1.29 is 4.79 Å². The summed E-state index contributed by atoms with van der Waals surface area (Å²) >= 11 is 1.32. The van der Waals surface area contributed by atoms with Crippen LogP contribution in [0.4, 0.5) is 0 Å². The summed E-state index contributed by atoms with van der Waals surface area (Å²) in [4.78, 5) is 18.5. The topological polar surface area (TPSA) is 89.9 Å². The van der Waals surface area contributed by atoms with Gasteiger partial charge in [0, 0.05) is 31.0 Å². The Kier molecular flexibility index (Phi) is 5.03. The van der Waals surface area contributed by atoms with Crippen molar-refractivity contribution in [2.75, 3.05) is 24.7 Å². The highest BCUT2D eigenvalue weighted by Crippen LogP contribution is 2.24. The van der Waals surface area contributed by atoms with Gasteiger partial charge in [-0.25, -0.2) is 4.68 Å². The number of pyridine rings is 1. The number of carbonyl (C=O) groups is 1. The number of likely N-dealkylation sites (tertiary alicyclic amines) is 1. The van der Waals surface area contributed by atoms with Gasteiger partial charge in [0.05, 0.1) is 5.75 Å². The van der Waals surface area contributed by atoms with E-state index >= 15 is 0 Å². The van der Waals surface area contributed by atoms with Crippen LogP contribution in [0.15, 0.2) is 29.7 Å². The lowest BCUT2D eigenvalue weighted by Crippen LogP contribution is -2.43. The lowest BCUT2D eigenvalue weighted by atomic mass is 9.92. The maximum absolute atomic E-state index is 12.4. The van der Waals surface area contributed by atoms with Gasteiger partial charge in [-0.2, -0.15) is 0 Å². The molecule has 0 unspecified atom stereocenters. The van der Waals surface area contributed by atoms with E-state index < -0.39 is 0 Å². The van der Waals surface area contributed by atoms with Gasteiger partial charge < -0.3 is 10.7 Å². The van der Waals surface area contributed by atoms with Crippen LogP contribution in [0, 0.1) is 11.8 Å². The fourth-order valence-electron chi connectivity index (χ4n) is 3.15. The zero-order valence-electron chi connectivity index (χ0n) is 13.9. The molecule has 8 heteroatoms. The number of hydrogen-bond acceptors (Lipinski definition) is 6. The zero-order chi connectivity index (χ0) is 17.1. The second-order valence-corrected chi connectivity index (χ2v) is 7.39. The van der Waals surface area contributed by atoms with Gasteiger partial charge >= 0.3 is 0 Å². The summed E-state index contributed by atoms with van der Waals surface area (Å²) < 4.78 is 1.41. The summed E-state index contributed by atoms with van der Waals surface area (Å²) in [7, 11) is 0. The molecule has 1 fully saturated rings. The number of piperidine rings is 1. The number of aromatic nitrogens is 4. The molecule has 3 heterocycles. The third kappa shape index (κ3) is 3.69. The van der Waals surface area contributed by atoms with Crippen molar-refractivity contribution in [2.24, 2.45) is 11.8 Å². The van der Waals surface area contributed by atoms with Crippen molar-refractivity contribution in [1.82, 2.24) is 24.8 Å². The van der Waals surface area contributed by atoms with Crippen molar-refractivity contribution >= 4 is 17.7 Å². The van der Waals surface area contributed by atoms with Crippen LogP contribution in [-0.4, -0.2) is 49.5 Å². The molecule has 0 saturated carbocycles. The highest BCUT2D eigenvalue weighted by atomic mass is 32.2. The minimum Gasteiger partial charge on any atom is -0.341 e. The van der Waals surface area contributed by atoms with Crippen molar-refractivity contribution in [3.63, 3.8) is 0 Å². The molecule has 7 nitrogen and oxygen atoms in total. The van der Waals surface area contributed by atoms with Crippen LogP contribution < -0.4 is 5.84 Å². The van der Waals surface area contributed by atoms with Crippen LogP contribution in [0.2, 0.25) is 0 Å². The average Bonchev–Trinajstić information content (AvgIpc) is 2.93. The summed E-state index contributed by atoms with van der Waals surface area (Å²) in [6.45, 7) is 6.06. The highest BCUT2D eigenvalue weighted by molar-refractivity contribution is 7.99. The Hall–Kier alpha value is -2.09. The third-order valence-electron chi connectivity index (χ3n) is 4.13. The van der Waals surface area contributed by atoms with Gasteiger partial charge in [0.15, 0.2) is 5.82 Å². The van der Waals surface area contributed by atoms with E-state index in [2.05, 4.69) is 29.0 Å². The fraction of sp³-hybridized carbons (Fsp3) is 0.500. The van der Waals surface area contributed by atoms with E-state index in [0.717, 1.165) is 18.7 Å². The Labute approximate surface area is 145 Å². The molecule has 0 aromatic carbocycles. The van der Waals surface area contributed by atoms with Gasteiger partial charge in [0.2, 0.25) is 11.1 Å². The second kappa shape index (κ2) is 7.21. The number of nitrogen functional groups attached to an aromatic ring is 1. The molecule has 0 bridgehead atoms. The lowest BCUT2D eigenvalue weighted by molar-refractivity contribution is -0.130. The zero-order valence-corrected chi connectivity index (χ0v) is 14.7. The van der Waals surface area contributed by atoms with Crippen LogP contribution in [0.5, 0.6) is 0 Å². The quantitative estimate of drug-likeness (QED) is 0.669. The first kappa shape index (κ1) is 16.8.